The minimum Gasteiger partial charge on any atom is -0.369 e. The number of nitrogens with one attached hydrogen (secondary N) is 2. The van der Waals surface area contributed by atoms with E-state index in [-0.39, 0.29) is 0 Å². The van der Waals surface area contributed by atoms with Gasteiger partial charge in [0, 0.05) is 44.2 Å². The molecule has 1 saturated heterocycles. The Kier molecular flexibility index (Phi) is 7.74. The second kappa shape index (κ2) is 10.5. The van der Waals surface area contributed by atoms with Crippen LogP contribution in [0.15, 0.2) is 64.5 Å². The van der Waals surface area contributed by atoms with Crippen LogP contribution < -0.4 is 15.5 Å². The Bertz CT molecular complexity index is 927. The Hall–Kier alpha value is -2.54. The first-order chi connectivity index (χ1) is 14.5. The van der Waals surface area contributed by atoms with Gasteiger partial charge in [-0.2, -0.15) is 0 Å². The van der Waals surface area contributed by atoms with E-state index in [0.29, 0.717) is 17.5 Å². The van der Waals surface area contributed by atoms with Gasteiger partial charge in [-0.1, -0.05) is 30.3 Å². The minimum atomic E-state index is -3.15. The first-order valence-corrected chi connectivity index (χ1v) is 12.5. The van der Waals surface area contributed by atoms with E-state index in [0.717, 1.165) is 50.4 Å². The number of rotatable bonds is 7. The van der Waals surface area contributed by atoms with Crippen molar-refractivity contribution in [3.8, 4) is 0 Å². The Labute approximate surface area is 180 Å². The monoisotopic (exact) mass is 428 g/mol. The summed E-state index contributed by atoms with van der Waals surface area (Å²) in [5.41, 5.74) is 2.35. The molecule has 1 aliphatic heterocycles. The van der Waals surface area contributed by atoms with Crippen molar-refractivity contribution in [1.29, 1.82) is 0 Å². The van der Waals surface area contributed by atoms with Gasteiger partial charge in [0.1, 0.15) is 0 Å². The zero-order valence-corrected chi connectivity index (χ0v) is 18.7. The molecule has 0 amide bonds. The van der Waals surface area contributed by atoms with Crippen molar-refractivity contribution in [3.05, 3.63) is 60.2 Å². The van der Waals surface area contributed by atoms with Crippen molar-refractivity contribution in [2.45, 2.75) is 37.1 Å². The van der Waals surface area contributed by atoms with Crippen LogP contribution in [0.1, 0.15) is 25.3 Å². The maximum Gasteiger partial charge on any atom is 0.191 e. The molecule has 1 atom stereocenters. The highest BCUT2D eigenvalue weighted by Gasteiger charge is 2.20. The summed E-state index contributed by atoms with van der Waals surface area (Å²) in [7, 11) is -3.15. The number of anilines is 1. The topological polar surface area (TPSA) is 73.8 Å². The van der Waals surface area contributed by atoms with Crippen LogP contribution in [-0.4, -0.2) is 52.9 Å². The highest BCUT2D eigenvalue weighted by Crippen LogP contribution is 2.19. The second-order valence-corrected chi connectivity index (χ2v) is 9.71. The molecule has 7 heteroatoms. The summed E-state index contributed by atoms with van der Waals surface area (Å²) in [5.74, 6) is 0.838. The molecule has 0 aromatic heterocycles. The predicted octanol–water partition coefficient (Wildman–Crippen LogP) is 2.86. The number of aliphatic imine (C=N–C) groups is 1. The normalized spacial score (nSPS) is 17.6. The second-order valence-electron chi connectivity index (χ2n) is 7.69. The summed E-state index contributed by atoms with van der Waals surface area (Å²) >= 11 is 0. The van der Waals surface area contributed by atoms with E-state index in [1.54, 1.807) is 12.1 Å². The van der Waals surface area contributed by atoms with E-state index >= 15 is 0 Å². The zero-order chi connectivity index (χ0) is 21.4. The Balaban J connectivity index is 1.56. The molecule has 30 heavy (non-hydrogen) atoms. The van der Waals surface area contributed by atoms with Gasteiger partial charge in [-0.3, -0.25) is 4.99 Å². The van der Waals surface area contributed by atoms with Gasteiger partial charge in [0.05, 0.1) is 4.90 Å². The quantitative estimate of drug-likeness (QED) is 0.524. The number of guanidine groups is 1. The van der Waals surface area contributed by atoms with Crippen molar-refractivity contribution in [2.24, 2.45) is 4.99 Å². The molecule has 0 radical (unpaired) electrons. The van der Waals surface area contributed by atoms with Crippen LogP contribution in [0.25, 0.3) is 0 Å². The standard InChI is InChI=1S/C23H32N4O2S/c1-3-24-23(25-16-15-19-11-13-22(14-12-19)30(2,28)29)26-20-8-7-17-27(18-20)21-9-5-4-6-10-21/h4-6,9-14,20H,3,7-8,15-18H2,1-2H3,(H2,24,25,26). The average Bonchev–Trinajstić information content (AvgIpc) is 2.74. The van der Waals surface area contributed by atoms with Crippen molar-refractivity contribution in [1.82, 2.24) is 10.6 Å². The van der Waals surface area contributed by atoms with E-state index in [1.165, 1.54) is 11.9 Å². The number of hydrogen-bond acceptors (Lipinski definition) is 4. The van der Waals surface area contributed by atoms with E-state index < -0.39 is 9.84 Å². The molecule has 6 nitrogen and oxygen atoms in total. The van der Waals surface area contributed by atoms with Crippen LogP contribution in [0.3, 0.4) is 0 Å². The molecule has 1 unspecified atom stereocenters. The molecule has 1 fully saturated rings. The lowest BCUT2D eigenvalue weighted by Gasteiger charge is -2.35. The number of para-hydroxylation sites is 1. The van der Waals surface area contributed by atoms with Crippen LogP contribution in [0.2, 0.25) is 0 Å². The summed E-state index contributed by atoms with van der Waals surface area (Å²) in [6, 6.07) is 18.0. The van der Waals surface area contributed by atoms with Crippen molar-refractivity contribution in [3.63, 3.8) is 0 Å². The highest BCUT2D eigenvalue weighted by molar-refractivity contribution is 7.90. The third-order valence-electron chi connectivity index (χ3n) is 5.25. The zero-order valence-electron chi connectivity index (χ0n) is 17.8. The van der Waals surface area contributed by atoms with Gasteiger partial charge in [0.2, 0.25) is 0 Å². The minimum absolute atomic E-state index is 0.352. The molecule has 1 aliphatic rings. The summed E-state index contributed by atoms with van der Waals surface area (Å²) in [6.45, 7) is 5.56. The van der Waals surface area contributed by atoms with Gasteiger partial charge >= 0.3 is 0 Å². The first-order valence-electron chi connectivity index (χ1n) is 10.6. The van der Waals surface area contributed by atoms with Gasteiger partial charge in [-0.15, -0.1) is 0 Å². The fraction of sp³-hybridized carbons (Fsp3) is 0.435. The molecule has 3 rings (SSSR count). The van der Waals surface area contributed by atoms with Crippen LogP contribution in [-0.2, 0) is 16.3 Å². The molecule has 0 aliphatic carbocycles. The lowest BCUT2D eigenvalue weighted by molar-refractivity contribution is 0.468. The molecule has 2 N–H and O–H groups in total. The van der Waals surface area contributed by atoms with Crippen LogP contribution in [0.5, 0.6) is 0 Å². The van der Waals surface area contributed by atoms with Crippen LogP contribution in [0, 0.1) is 0 Å². The maximum absolute atomic E-state index is 11.6. The number of nitrogens with zero attached hydrogens (tertiary/aromatic N) is 2. The molecule has 1 heterocycles. The van der Waals surface area contributed by atoms with Crippen molar-refractivity contribution >= 4 is 21.5 Å². The molecule has 0 saturated carbocycles. The number of sulfone groups is 1. The van der Waals surface area contributed by atoms with Gasteiger partial charge in [-0.05, 0) is 56.0 Å². The lowest BCUT2D eigenvalue weighted by Crippen LogP contribution is -2.51. The molecule has 0 spiro atoms. The molecule has 0 bridgehead atoms. The smallest absolute Gasteiger partial charge is 0.191 e. The fourth-order valence-corrected chi connectivity index (χ4v) is 4.31. The van der Waals surface area contributed by atoms with Crippen molar-refractivity contribution in [2.75, 3.05) is 37.3 Å². The predicted molar refractivity (Wildman–Crippen MR) is 124 cm³/mol. The Morgan fingerprint density at radius 2 is 1.87 bits per heavy atom. The Morgan fingerprint density at radius 1 is 1.13 bits per heavy atom. The van der Waals surface area contributed by atoms with E-state index in [1.807, 2.05) is 18.2 Å². The van der Waals surface area contributed by atoms with Gasteiger partial charge in [-0.25, -0.2) is 8.42 Å². The molecular formula is C23H32N4O2S. The third kappa shape index (κ3) is 6.49. The summed E-state index contributed by atoms with van der Waals surface area (Å²) in [6.07, 6.45) is 4.27. The largest absolute Gasteiger partial charge is 0.369 e. The van der Waals surface area contributed by atoms with Gasteiger partial charge < -0.3 is 15.5 Å². The highest BCUT2D eigenvalue weighted by atomic mass is 32.2. The van der Waals surface area contributed by atoms with Crippen molar-refractivity contribution < 1.29 is 8.42 Å². The molecule has 2 aromatic carbocycles. The number of benzene rings is 2. The summed E-state index contributed by atoms with van der Waals surface area (Å²) in [4.78, 5) is 7.51. The molecule has 162 valence electrons. The third-order valence-corrected chi connectivity index (χ3v) is 6.38. The molecular weight excluding hydrogens is 396 g/mol. The van der Waals surface area contributed by atoms with E-state index in [4.69, 9.17) is 4.99 Å². The maximum atomic E-state index is 11.6. The molecule has 2 aromatic rings. The number of piperidine rings is 1. The van der Waals surface area contributed by atoms with Crippen LogP contribution >= 0.6 is 0 Å². The SMILES string of the molecule is CCNC(=NCCc1ccc(S(C)(=O)=O)cc1)NC1CCCN(c2ccccc2)C1. The number of hydrogen-bond donors (Lipinski definition) is 2. The van der Waals surface area contributed by atoms with E-state index in [9.17, 15) is 8.42 Å². The average molecular weight is 429 g/mol. The summed E-state index contributed by atoms with van der Waals surface area (Å²) < 4.78 is 23.2. The van der Waals surface area contributed by atoms with E-state index in [2.05, 4.69) is 46.7 Å². The van der Waals surface area contributed by atoms with Crippen LogP contribution in [0.4, 0.5) is 5.69 Å². The lowest BCUT2D eigenvalue weighted by atomic mass is 10.1. The van der Waals surface area contributed by atoms with Gasteiger partial charge in [0.15, 0.2) is 15.8 Å². The van der Waals surface area contributed by atoms with Gasteiger partial charge in [0.25, 0.3) is 0 Å². The fourth-order valence-electron chi connectivity index (χ4n) is 3.68. The first kappa shape index (κ1) is 22.2. The summed E-state index contributed by atoms with van der Waals surface area (Å²) in [5, 5.41) is 6.93. The Morgan fingerprint density at radius 3 is 2.53 bits per heavy atom.